The van der Waals surface area contributed by atoms with Gasteiger partial charge in [-0.1, -0.05) is 29.8 Å². The Morgan fingerprint density at radius 3 is 2.75 bits per heavy atom. The zero-order chi connectivity index (χ0) is 11.8. The molecular formula is C12H17ClN2O. The van der Waals surface area contributed by atoms with Crippen LogP contribution < -0.4 is 5.73 Å². The first-order valence-corrected chi connectivity index (χ1v) is 5.72. The van der Waals surface area contributed by atoms with Gasteiger partial charge in [-0.2, -0.15) is 0 Å². The number of unbranched alkanes of at least 4 members (excludes halogenated alkanes) is 1. The first-order chi connectivity index (χ1) is 7.70. The van der Waals surface area contributed by atoms with Gasteiger partial charge in [-0.3, -0.25) is 5.41 Å². The van der Waals surface area contributed by atoms with Gasteiger partial charge in [0.15, 0.2) is 0 Å². The van der Waals surface area contributed by atoms with Crippen LogP contribution >= 0.6 is 11.6 Å². The first kappa shape index (κ1) is 13.0. The van der Waals surface area contributed by atoms with Crippen molar-refractivity contribution < 1.29 is 4.74 Å². The molecule has 0 saturated heterocycles. The lowest BCUT2D eigenvalue weighted by Crippen LogP contribution is -2.09. The summed E-state index contributed by atoms with van der Waals surface area (Å²) in [5.41, 5.74) is 6.25. The number of hydrogen-bond acceptors (Lipinski definition) is 2. The summed E-state index contributed by atoms with van der Waals surface area (Å²) in [5, 5.41) is 7.80. The maximum atomic E-state index is 7.06. The number of nitrogens with two attached hydrogens (primary N) is 1. The fourth-order valence-electron chi connectivity index (χ4n) is 1.32. The molecule has 1 aromatic carbocycles. The molecular weight excluding hydrogens is 224 g/mol. The van der Waals surface area contributed by atoms with Crippen molar-refractivity contribution in [1.29, 1.82) is 5.41 Å². The molecule has 0 aliphatic carbocycles. The molecule has 0 aromatic heterocycles. The summed E-state index contributed by atoms with van der Waals surface area (Å²) in [4.78, 5) is 0. The SMILES string of the molecule is N=C(N)CCCCOCc1ccccc1Cl. The minimum atomic E-state index is 0.242. The monoisotopic (exact) mass is 240 g/mol. The first-order valence-electron chi connectivity index (χ1n) is 5.34. The molecule has 0 spiro atoms. The van der Waals surface area contributed by atoms with Crippen LogP contribution in [0.25, 0.3) is 0 Å². The smallest absolute Gasteiger partial charge is 0.0905 e. The van der Waals surface area contributed by atoms with E-state index in [2.05, 4.69) is 0 Å². The lowest BCUT2D eigenvalue weighted by atomic mass is 10.2. The summed E-state index contributed by atoms with van der Waals surface area (Å²) in [6, 6.07) is 7.66. The van der Waals surface area contributed by atoms with Crippen molar-refractivity contribution in [3.05, 3.63) is 34.9 Å². The predicted octanol–water partition coefficient (Wildman–Crippen LogP) is 2.96. The second-order valence-corrected chi connectivity index (χ2v) is 4.03. The normalized spacial score (nSPS) is 10.3. The van der Waals surface area contributed by atoms with Crippen LogP contribution in [0.3, 0.4) is 0 Å². The fourth-order valence-corrected chi connectivity index (χ4v) is 1.51. The molecule has 0 saturated carbocycles. The van der Waals surface area contributed by atoms with Crippen molar-refractivity contribution in [3.63, 3.8) is 0 Å². The lowest BCUT2D eigenvalue weighted by Gasteiger charge is -2.05. The molecule has 0 aliphatic heterocycles. The van der Waals surface area contributed by atoms with Crippen molar-refractivity contribution in [3.8, 4) is 0 Å². The summed E-state index contributed by atoms with van der Waals surface area (Å²) in [6.45, 7) is 1.22. The van der Waals surface area contributed by atoms with Crippen LogP contribution in [-0.2, 0) is 11.3 Å². The van der Waals surface area contributed by atoms with Gasteiger partial charge in [0, 0.05) is 18.1 Å². The summed E-state index contributed by atoms with van der Waals surface area (Å²) in [7, 11) is 0. The molecule has 3 N–H and O–H groups in total. The number of benzene rings is 1. The Morgan fingerprint density at radius 1 is 1.31 bits per heavy atom. The summed E-state index contributed by atoms with van der Waals surface area (Å²) >= 11 is 5.98. The highest BCUT2D eigenvalue weighted by Gasteiger charge is 1.98. The van der Waals surface area contributed by atoms with Crippen molar-refractivity contribution in [2.45, 2.75) is 25.9 Å². The van der Waals surface area contributed by atoms with E-state index in [1.807, 2.05) is 24.3 Å². The van der Waals surface area contributed by atoms with Gasteiger partial charge in [-0.15, -0.1) is 0 Å². The van der Waals surface area contributed by atoms with E-state index < -0.39 is 0 Å². The molecule has 0 heterocycles. The quantitative estimate of drug-likeness (QED) is 0.437. The van der Waals surface area contributed by atoms with Crippen LogP contribution in [0.1, 0.15) is 24.8 Å². The van der Waals surface area contributed by atoms with Gasteiger partial charge in [0.1, 0.15) is 0 Å². The van der Waals surface area contributed by atoms with E-state index in [0.717, 1.165) is 23.4 Å². The van der Waals surface area contributed by atoms with E-state index in [0.29, 0.717) is 19.6 Å². The zero-order valence-corrected chi connectivity index (χ0v) is 9.96. The average Bonchev–Trinajstić information content (AvgIpc) is 2.25. The molecule has 1 aromatic rings. The molecule has 0 unspecified atom stereocenters. The van der Waals surface area contributed by atoms with E-state index in [9.17, 15) is 0 Å². The maximum Gasteiger partial charge on any atom is 0.0905 e. The highest BCUT2D eigenvalue weighted by atomic mass is 35.5. The minimum absolute atomic E-state index is 0.242. The number of hydrogen-bond donors (Lipinski definition) is 2. The van der Waals surface area contributed by atoms with Crippen LogP contribution in [0.2, 0.25) is 5.02 Å². The highest BCUT2D eigenvalue weighted by Crippen LogP contribution is 2.15. The molecule has 16 heavy (non-hydrogen) atoms. The summed E-state index contributed by atoms with van der Waals surface area (Å²) in [5.74, 6) is 0.242. The van der Waals surface area contributed by atoms with Crippen molar-refractivity contribution in [2.24, 2.45) is 5.73 Å². The van der Waals surface area contributed by atoms with E-state index in [4.69, 9.17) is 27.5 Å². The van der Waals surface area contributed by atoms with Gasteiger partial charge < -0.3 is 10.5 Å². The van der Waals surface area contributed by atoms with Gasteiger partial charge in [0.25, 0.3) is 0 Å². The van der Waals surface area contributed by atoms with E-state index >= 15 is 0 Å². The second kappa shape index (κ2) is 7.25. The third-order valence-electron chi connectivity index (χ3n) is 2.20. The molecule has 4 heteroatoms. The molecule has 0 radical (unpaired) electrons. The Labute approximate surface area is 101 Å². The Kier molecular flexibility index (Phi) is 5.90. The third kappa shape index (κ3) is 5.14. The fraction of sp³-hybridized carbons (Fsp3) is 0.417. The summed E-state index contributed by atoms with van der Waals surface area (Å²) < 4.78 is 5.49. The molecule has 0 bridgehead atoms. The molecule has 3 nitrogen and oxygen atoms in total. The Hall–Kier alpha value is -1.06. The van der Waals surface area contributed by atoms with E-state index in [1.165, 1.54) is 0 Å². The van der Waals surface area contributed by atoms with Crippen molar-refractivity contribution in [2.75, 3.05) is 6.61 Å². The highest BCUT2D eigenvalue weighted by molar-refractivity contribution is 6.31. The maximum absolute atomic E-state index is 7.06. The van der Waals surface area contributed by atoms with Gasteiger partial charge in [0.05, 0.1) is 12.4 Å². The summed E-state index contributed by atoms with van der Waals surface area (Å²) in [6.07, 6.45) is 2.47. The van der Waals surface area contributed by atoms with Crippen molar-refractivity contribution in [1.82, 2.24) is 0 Å². The Balaban J connectivity index is 2.12. The lowest BCUT2D eigenvalue weighted by molar-refractivity contribution is 0.117. The minimum Gasteiger partial charge on any atom is -0.388 e. The van der Waals surface area contributed by atoms with Crippen LogP contribution in [-0.4, -0.2) is 12.4 Å². The predicted molar refractivity (Wildman–Crippen MR) is 66.9 cm³/mol. The van der Waals surface area contributed by atoms with Gasteiger partial charge >= 0.3 is 0 Å². The molecule has 0 aliphatic rings. The van der Waals surface area contributed by atoms with Gasteiger partial charge in [-0.05, 0) is 24.5 Å². The average molecular weight is 241 g/mol. The van der Waals surface area contributed by atoms with Crippen LogP contribution in [0.5, 0.6) is 0 Å². The third-order valence-corrected chi connectivity index (χ3v) is 2.57. The van der Waals surface area contributed by atoms with Crippen LogP contribution in [0.4, 0.5) is 0 Å². The Morgan fingerprint density at radius 2 is 2.06 bits per heavy atom. The number of amidine groups is 1. The zero-order valence-electron chi connectivity index (χ0n) is 9.21. The number of rotatable bonds is 7. The Bertz CT molecular complexity index is 342. The molecule has 0 amide bonds. The number of halogens is 1. The van der Waals surface area contributed by atoms with Gasteiger partial charge in [-0.25, -0.2) is 0 Å². The molecule has 88 valence electrons. The molecule has 1 rings (SSSR count). The van der Waals surface area contributed by atoms with Gasteiger partial charge in [0.2, 0.25) is 0 Å². The largest absolute Gasteiger partial charge is 0.388 e. The standard InChI is InChI=1S/C12H17ClN2O/c13-11-6-2-1-5-10(11)9-16-8-4-3-7-12(14)15/h1-2,5-6H,3-4,7-9H2,(H3,14,15). The van der Waals surface area contributed by atoms with Crippen LogP contribution in [0, 0.1) is 5.41 Å². The van der Waals surface area contributed by atoms with E-state index in [-0.39, 0.29) is 5.84 Å². The number of ether oxygens (including phenoxy) is 1. The second-order valence-electron chi connectivity index (χ2n) is 3.63. The van der Waals surface area contributed by atoms with Crippen molar-refractivity contribution >= 4 is 17.4 Å². The van der Waals surface area contributed by atoms with Crippen LogP contribution in [0.15, 0.2) is 24.3 Å². The molecule has 0 atom stereocenters. The topological polar surface area (TPSA) is 59.1 Å². The van der Waals surface area contributed by atoms with E-state index in [1.54, 1.807) is 0 Å². The number of nitrogens with one attached hydrogen (secondary N) is 1. The molecule has 0 fully saturated rings.